The van der Waals surface area contributed by atoms with Crippen LogP contribution in [0.25, 0.3) is 0 Å². The molecule has 0 rings (SSSR count). The van der Waals surface area contributed by atoms with E-state index in [0.717, 1.165) is 0 Å². The Bertz CT molecular complexity index is 136. The summed E-state index contributed by atoms with van der Waals surface area (Å²) in [6.07, 6.45) is -0.451. The Morgan fingerprint density at radius 3 is 2.58 bits per heavy atom. The van der Waals surface area contributed by atoms with Crippen molar-refractivity contribution in [2.75, 3.05) is 6.54 Å². The summed E-state index contributed by atoms with van der Waals surface area (Å²) in [6, 6.07) is 0. The summed E-state index contributed by atoms with van der Waals surface area (Å²) in [5.74, 6) is 0. The van der Waals surface area contributed by atoms with Gasteiger partial charge in [0.2, 0.25) is 0 Å². The molecule has 72 valence electrons. The maximum Gasteiger partial charge on any atom is 0.407 e. The largest absolute Gasteiger partial charge is 0.447 e. The molecule has 0 heterocycles. The fourth-order valence-corrected chi connectivity index (χ4v) is 0.601. The van der Waals surface area contributed by atoms with Gasteiger partial charge < -0.3 is 15.2 Å². The molecule has 0 aromatic rings. The molecule has 0 saturated heterocycles. The Labute approximate surface area is 72.9 Å². The quantitative estimate of drug-likeness (QED) is 0.667. The van der Waals surface area contributed by atoms with E-state index in [-0.39, 0.29) is 12.6 Å². The first-order valence-corrected chi connectivity index (χ1v) is 4.18. The Hall–Kier alpha value is -0.770. The van der Waals surface area contributed by atoms with Gasteiger partial charge in [0.15, 0.2) is 0 Å². The minimum Gasteiger partial charge on any atom is -0.447 e. The Kier molecular flexibility index (Phi) is 5.45. The number of hydrogen-bond donors (Lipinski definition) is 2. The first-order valence-electron chi connectivity index (χ1n) is 4.18. The highest BCUT2D eigenvalue weighted by Crippen LogP contribution is 1.90. The third-order valence-electron chi connectivity index (χ3n) is 1.30. The number of amides is 1. The topological polar surface area (TPSA) is 58.6 Å². The van der Waals surface area contributed by atoms with Crippen molar-refractivity contribution in [3.05, 3.63) is 0 Å². The third kappa shape index (κ3) is 5.97. The maximum atomic E-state index is 10.8. The zero-order chi connectivity index (χ0) is 9.56. The molecule has 4 nitrogen and oxygen atoms in total. The highest BCUT2D eigenvalue weighted by Gasteiger charge is 2.06. The van der Waals surface area contributed by atoms with E-state index in [2.05, 4.69) is 5.32 Å². The van der Waals surface area contributed by atoms with Crippen LogP contribution in [0.4, 0.5) is 4.79 Å². The van der Waals surface area contributed by atoms with E-state index in [1.807, 2.05) is 6.92 Å². The number of nitrogens with one attached hydrogen (secondary N) is 1. The van der Waals surface area contributed by atoms with Crippen LogP contribution in [-0.2, 0) is 4.74 Å². The molecule has 0 aliphatic rings. The fraction of sp³-hybridized carbons (Fsp3) is 0.875. The van der Waals surface area contributed by atoms with E-state index in [4.69, 9.17) is 9.84 Å². The van der Waals surface area contributed by atoms with Crippen molar-refractivity contribution in [1.82, 2.24) is 5.32 Å². The van der Waals surface area contributed by atoms with Gasteiger partial charge in [-0.05, 0) is 20.3 Å². The van der Waals surface area contributed by atoms with Gasteiger partial charge in [-0.3, -0.25) is 0 Å². The third-order valence-corrected chi connectivity index (χ3v) is 1.30. The molecule has 0 aromatic heterocycles. The van der Waals surface area contributed by atoms with Gasteiger partial charge in [0.05, 0.1) is 12.2 Å². The molecule has 1 amide bonds. The monoisotopic (exact) mass is 175 g/mol. The molecule has 4 heteroatoms. The van der Waals surface area contributed by atoms with Crippen LogP contribution in [0, 0.1) is 0 Å². The number of rotatable bonds is 4. The van der Waals surface area contributed by atoms with Crippen LogP contribution in [0.15, 0.2) is 0 Å². The number of carbonyl (C=O) groups is 1. The van der Waals surface area contributed by atoms with E-state index < -0.39 is 12.2 Å². The molecule has 0 aliphatic heterocycles. The molecule has 0 spiro atoms. The molecular weight excluding hydrogens is 158 g/mol. The minimum absolute atomic E-state index is 0.122. The number of hydrogen-bond acceptors (Lipinski definition) is 3. The van der Waals surface area contributed by atoms with Crippen molar-refractivity contribution in [3.63, 3.8) is 0 Å². The molecule has 0 aromatic carbocycles. The van der Waals surface area contributed by atoms with Crippen LogP contribution in [0.3, 0.4) is 0 Å². The van der Waals surface area contributed by atoms with Crippen LogP contribution in [0.5, 0.6) is 0 Å². The summed E-state index contributed by atoms with van der Waals surface area (Å²) in [4.78, 5) is 10.8. The molecule has 12 heavy (non-hydrogen) atoms. The standard InChI is InChI=1S/C8H17NO3/c1-4-7(10)5-9-8(11)12-6(2)3/h6-7,10H,4-5H2,1-3H3,(H,9,11). The van der Waals surface area contributed by atoms with E-state index in [1.165, 1.54) is 0 Å². The van der Waals surface area contributed by atoms with Crippen LogP contribution < -0.4 is 5.32 Å². The summed E-state index contributed by atoms with van der Waals surface area (Å²) < 4.78 is 4.78. The summed E-state index contributed by atoms with van der Waals surface area (Å²) >= 11 is 0. The van der Waals surface area contributed by atoms with Gasteiger partial charge in [0.1, 0.15) is 0 Å². The molecule has 2 N–H and O–H groups in total. The first kappa shape index (κ1) is 11.2. The van der Waals surface area contributed by atoms with E-state index >= 15 is 0 Å². The van der Waals surface area contributed by atoms with Crippen LogP contribution in [0.1, 0.15) is 27.2 Å². The number of aliphatic hydroxyl groups excluding tert-OH is 1. The van der Waals surface area contributed by atoms with Crippen LogP contribution >= 0.6 is 0 Å². The Balaban J connectivity index is 3.44. The highest BCUT2D eigenvalue weighted by molar-refractivity contribution is 5.67. The summed E-state index contributed by atoms with van der Waals surface area (Å²) in [7, 11) is 0. The Morgan fingerprint density at radius 2 is 2.17 bits per heavy atom. The van der Waals surface area contributed by atoms with Crippen molar-refractivity contribution >= 4 is 6.09 Å². The summed E-state index contributed by atoms with van der Waals surface area (Å²) in [6.45, 7) is 5.65. The number of ether oxygens (including phenoxy) is 1. The SMILES string of the molecule is CCC(O)CNC(=O)OC(C)C. The average molecular weight is 175 g/mol. The first-order chi connectivity index (χ1) is 5.56. The highest BCUT2D eigenvalue weighted by atomic mass is 16.6. The van der Waals surface area contributed by atoms with Crippen molar-refractivity contribution in [2.24, 2.45) is 0 Å². The molecule has 0 aliphatic carbocycles. The predicted octanol–water partition coefficient (Wildman–Crippen LogP) is 0.892. The maximum absolute atomic E-state index is 10.8. The van der Waals surface area contributed by atoms with Gasteiger partial charge in [-0.1, -0.05) is 6.92 Å². The van der Waals surface area contributed by atoms with E-state index in [1.54, 1.807) is 13.8 Å². The second-order valence-corrected chi connectivity index (χ2v) is 2.90. The lowest BCUT2D eigenvalue weighted by Gasteiger charge is -2.11. The predicted molar refractivity (Wildman–Crippen MR) is 45.9 cm³/mol. The second-order valence-electron chi connectivity index (χ2n) is 2.90. The zero-order valence-corrected chi connectivity index (χ0v) is 7.83. The van der Waals surface area contributed by atoms with Gasteiger partial charge in [-0.2, -0.15) is 0 Å². The molecule has 0 radical (unpaired) electrons. The van der Waals surface area contributed by atoms with Crippen molar-refractivity contribution < 1.29 is 14.6 Å². The van der Waals surface area contributed by atoms with E-state index in [9.17, 15) is 4.79 Å². The van der Waals surface area contributed by atoms with Crippen molar-refractivity contribution in [1.29, 1.82) is 0 Å². The normalized spacial score (nSPS) is 12.8. The minimum atomic E-state index is -0.482. The lowest BCUT2D eigenvalue weighted by Crippen LogP contribution is -2.33. The van der Waals surface area contributed by atoms with Gasteiger partial charge in [0, 0.05) is 6.54 Å². The lowest BCUT2D eigenvalue weighted by atomic mass is 10.3. The summed E-state index contributed by atoms with van der Waals surface area (Å²) in [5, 5.41) is 11.5. The van der Waals surface area contributed by atoms with Gasteiger partial charge >= 0.3 is 6.09 Å². The smallest absolute Gasteiger partial charge is 0.407 e. The van der Waals surface area contributed by atoms with Gasteiger partial charge in [0.25, 0.3) is 0 Å². The molecular formula is C8H17NO3. The van der Waals surface area contributed by atoms with E-state index in [0.29, 0.717) is 6.42 Å². The van der Waals surface area contributed by atoms with Crippen LogP contribution in [0.2, 0.25) is 0 Å². The number of carbonyl (C=O) groups excluding carboxylic acids is 1. The molecule has 0 saturated carbocycles. The Morgan fingerprint density at radius 1 is 1.58 bits per heavy atom. The molecule has 1 atom stereocenters. The fourth-order valence-electron chi connectivity index (χ4n) is 0.601. The lowest BCUT2D eigenvalue weighted by molar-refractivity contribution is 0.106. The number of alkyl carbamates (subject to hydrolysis) is 1. The van der Waals surface area contributed by atoms with Gasteiger partial charge in [-0.25, -0.2) is 4.79 Å². The summed E-state index contributed by atoms with van der Waals surface area (Å²) in [5.41, 5.74) is 0. The zero-order valence-electron chi connectivity index (χ0n) is 7.83. The van der Waals surface area contributed by atoms with Crippen molar-refractivity contribution in [2.45, 2.75) is 39.4 Å². The number of aliphatic hydroxyl groups is 1. The average Bonchev–Trinajstić information content (AvgIpc) is 1.99. The molecule has 0 fully saturated rings. The molecule has 0 bridgehead atoms. The van der Waals surface area contributed by atoms with Crippen molar-refractivity contribution in [3.8, 4) is 0 Å². The van der Waals surface area contributed by atoms with Gasteiger partial charge in [-0.15, -0.1) is 0 Å². The molecule has 1 unspecified atom stereocenters. The second kappa shape index (κ2) is 5.83. The van der Waals surface area contributed by atoms with Crippen LogP contribution in [-0.4, -0.2) is 30.0 Å².